The highest BCUT2D eigenvalue weighted by atomic mass is 79.9. The second-order valence-electron chi connectivity index (χ2n) is 5.15. The third-order valence-electron chi connectivity index (χ3n) is 3.62. The van der Waals surface area contributed by atoms with Crippen molar-refractivity contribution in [3.63, 3.8) is 0 Å². The number of halogens is 1. The van der Waals surface area contributed by atoms with Gasteiger partial charge in [-0.3, -0.25) is 0 Å². The Balaban J connectivity index is 1.60. The first-order chi connectivity index (χ1) is 10.3. The first-order valence-corrected chi connectivity index (χ1v) is 8.01. The fourth-order valence-corrected chi connectivity index (χ4v) is 2.82. The molecular formula is C15H18BrN5. The van der Waals surface area contributed by atoms with Crippen LogP contribution in [0.5, 0.6) is 0 Å². The van der Waals surface area contributed by atoms with Crippen molar-refractivity contribution >= 4 is 27.6 Å². The van der Waals surface area contributed by atoms with Gasteiger partial charge in [0.2, 0.25) is 0 Å². The number of piperidine rings is 1. The van der Waals surface area contributed by atoms with E-state index in [4.69, 9.17) is 0 Å². The van der Waals surface area contributed by atoms with Gasteiger partial charge in [0.25, 0.3) is 0 Å². The van der Waals surface area contributed by atoms with E-state index in [1.165, 1.54) is 25.6 Å². The highest BCUT2D eigenvalue weighted by molar-refractivity contribution is 9.10. The summed E-state index contributed by atoms with van der Waals surface area (Å²) in [6.45, 7) is 2.94. The van der Waals surface area contributed by atoms with Crippen LogP contribution in [-0.2, 0) is 6.54 Å². The molecule has 0 aliphatic carbocycles. The number of hydrogen-bond donors (Lipinski definition) is 1. The molecular weight excluding hydrogens is 330 g/mol. The molecule has 1 fully saturated rings. The highest BCUT2D eigenvalue weighted by Gasteiger charge is 2.11. The number of nitrogens with one attached hydrogen (secondary N) is 1. The molecule has 1 saturated heterocycles. The quantitative estimate of drug-likeness (QED) is 0.919. The maximum Gasteiger partial charge on any atom is 0.144 e. The van der Waals surface area contributed by atoms with Gasteiger partial charge in [-0.25, -0.2) is 15.0 Å². The van der Waals surface area contributed by atoms with Crippen molar-refractivity contribution in [3.8, 4) is 0 Å². The zero-order valence-electron chi connectivity index (χ0n) is 11.8. The van der Waals surface area contributed by atoms with Crippen LogP contribution in [-0.4, -0.2) is 28.0 Å². The minimum absolute atomic E-state index is 0.697. The van der Waals surface area contributed by atoms with Crippen molar-refractivity contribution in [3.05, 3.63) is 40.9 Å². The Morgan fingerprint density at radius 2 is 1.95 bits per heavy atom. The topological polar surface area (TPSA) is 53.9 Å². The first-order valence-electron chi connectivity index (χ1n) is 7.22. The van der Waals surface area contributed by atoms with E-state index in [9.17, 15) is 0 Å². The summed E-state index contributed by atoms with van der Waals surface area (Å²) in [5, 5.41) is 3.28. The number of hydrogen-bond acceptors (Lipinski definition) is 5. The Morgan fingerprint density at radius 3 is 2.67 bits per heavy atom. The molecule has 1 N–H and O–H groups in total. The van der Waals surface area contributed by atoms with Crippen LogP contribution in [0.25, 0.3) is 0 Å². The van der Waals surface area contributed by atoms with Gasteiger partial charge in [0.05, 0.1) is 4.47 Å². The molecule has 1 aliphatic heterocycles. The molecule has 2 aromatic rings. The first kappa shape index (κ1) is 14.3. The second kappa shape index (κ2) is 6.85. The summed E-state index contributed by atoms with van der Waals surface area (Å²) in [6.07, 6.45) is 9.08. The predicted octanol–water partition coefficient (Wildman–Crippen LogP) is 3.24. The monoisotopic (exact) mass is 347 g/mol. The zero-order valence-corrected chi connectivity index (χ0v) is 13.4. The van der Waals surface area contributed by atoms with Gasteiger partial charge in [-0.05, 0) is 46.8 Å². The van der Waals surface area contributed by atoms with E-state index >= 15 is 0 Å². The second-order valence-corrected chi connectivity index (χ2v) is 6.00. The fourth-order valence-electron chi connectivity index (χ4n) is 2.46. The lowest BCUT2D eigenvalue weighted by Gasteiger charge is -2.27. The normalized spacial score (nSPS) is 15.0. The lowest BCUT2D eigenvalue weighted by Crippen LogP contribution is -2.30. The van der Waals surface area contributed by atoms with E-state index in [1.807, 2.05) is 6.20 Å². The van der Waals surface area contributed by atoms with Gasteiger partial charge in [0.15, 0.2) is 0 Å². The molecule has 1 aliphatic rings. The molecule has 0 radical (unpaired) electrons. The molecule has 0 spiro atoms. The average molecular weight is 348 g/mol. The van der Waals surface area contributed by atoms with E-state index in [2.05, 4.69) is 53.2 Å². The van der Waals surface area contributed by atoms with Crippen molar-refractivity contribution in [1.82, 2.24) is 15.0 Å². The Labute approximate surface area is 133 Å². The molecule has 0 bridgehead atoms. The summed E-state index contributed by atoms with van der Waals surface area (Å²) < 4.78 is 0.864. The highest BCUT2D eigenvalue weighted by Crippen LogP contribution is 2.19. The van der Waals surface area contributed by atoms with Gasteiger partial charge in [-0.1, -0.05) is 6.07 Å². The number of rotatable bonds is 4. The third-order valence-corrected chi connectivity index (χ3v) is 4.20. The molecule has 0 saturated carbocycles. The molecule has 3 rings (SSSR count). The molecule has 3 heterocycles. The maximum atomic E-state index is 4.58. The van der Waals surface area contributed by atoms with E-state index in [1.54, 1.807) is 6.20 Å². The van der Waals surface area contributed by atoms with Gasteiger partial charge < -0.3 is 10.2 Å². The molecule has 0 unspecified atom stereocenters. The van der Waals surface area contributed by atoms with Gasteiger partial charge >= 0.3 is 0 Å². The van der Waals surface area contributed by atoms with Gasteiger partial charge in [0.1, 0.15) is 18.0 Å². The largest absolute Gasteiger partial charge is 0.365 e. The minimum atomic E-state index is 0.697. The Bertz CT molecular complexity index is 581. The van der Waals surface area contributed by atoms with Crippen molar-refractivity contribution in [2.24, 2.45) is 0 Å². The Kier molecular flexibility index (Phi) is 4.65. The molecule has 0 amide bonds. The van der Waals surface area contributed by atoms with E-state index in [-0.39, 0.29) is 0 Å². The number of aromatic nitrogens is 3. The third kappa shape index (κ3) is 3.69. The predicted molar refractivity (Wildman–Crippen MR) is 87.4 cm³/mol. The summed E-state index contributed by atoms with van der Waals surface area (Å²) in [6, 6.07) is 4.23. The Morgan fingerprint density at radius 1 is 1.10 bits per heavy atom. The molecule has 110 valence electrons. The van der Waals surface area contributed by atoms with Gasteiger partial charge in [-0.2, -0.15) is 0 Å². The number of pyridine rings is 1. The van der Waals surface area contributed by atoms with Crippen LogP contribution in [0.1, 0.15) is 24.8 Å². The van der Waals surface area contributed by atoms with Crippen LogP contribution in [0.3, 0.4) is 0 Å². The van der Waals surface area contributed by atoms with Crippen LogP contribution in [0.15, 0.2) is 35.3 Å². The van der Waals surface area contributed by atoms with Crippen molar-refractivity contribution in [2.75, 3.05) is 23.3 Å². The SMILES string of the molecule is Brc1cncnc1NCc1ccc(N2CCCCC2)nc1. The van der Waals surface area contributed by atoms with Crippen LogP contribution >= 0.6 is 15.9 Å². The Hall–Kier alpha value is -1.69. The van der Waals surface area contributed by atoms with Crippen molar-refractivity contribution < 1.29 is 0 Å². The van der Waals surface area contributed by atoms with Crippen molar-refractivity contribution in [1.29, 1.82) is 0 Å². The minimum Gasteiger partial charge on any atom is -0.365 e. The average Bonchev–Trinajstić information content (AvgIpc) is 2.55. The van der Waals surface area contributed by atoms with Gasteiger partial charge in [0, 0.05) is 32.0 Å². The molecule has 6 heteroatoms. The van der Waals surface area contributed by atoms with E-state index < -0.39 is 0 Å². The summed E-state index contributed by atoms with van der Waals surface area (Å²) in [4.78, 5) is 15.1. The number of nitrogens with zero attached hydrogens (tertiary/aromatic N) is 4. The lowest BCUT2D eigenvalue weighted by molar-refractivity contribution is 0.573. The number of anilines is 2. The molecule has 5 nitrogen and oxygen atoms in total. The van der Waals surface area contributed by atoms with Crippen LogP contribution in [0, 0.1) is 0 Å². The van der Waals surface area contributed by atoms with E-state index in [0.717, 1.165) is 34.8 Å². The molecule has 0 atom stereocenters. The van der Waals surface area contributed by atoms with E-state index in [0.29, 0.717) is 6.54 Å². The summed E-state index contributed by atoms with van der Waals surface area (Å²) in [5.74, 6) is 1.88. The smallest absolute Gasteiger partial charge is 0.144 e. The summed E-state index contributed by atoms with van der Waals surface area (Å²) >= 11 is 3.42. The van der Waals surface area contributed by atoms with Crippen molar-refractivity contribution in [2.45, 2.75) is 25.8 Å². The fraction of sp³-hybridized carbons (Fsp3) is 0.400. The molecule has 0 aromatic carbocycles. The lowest BCUT2D eigenvalue weighted by atomic mass is 10.1. The van der Waals surface area contributed by atoms with Crippen LogP contribution in [0.2, 0.25) is 0 Å². The zero-order chi connectivity index (χ0) is 14.5. The van der Waals surface area contributed by atoms with Crippen LogP contribution in [0.4, 0.5) is 11.6 Å². The summed E-state index contributed by atoms with van der Waals surface area (Å²) in [5.41, 5.74) is 1.14. The molecule has 2 aromatic heterocycles. The van der Waals surface area contributed by atoms with Gasteiger partial charge in [-0.15, -0.1) is 0 Å². The summed E-state index contributed by atoms with van der Waals surface area (Å²) in [7, 11) is 0. The standard InChI is InChI=1S/C15H18BrN5/c16-13-10-17-11-20-15(13)19-9-12-4-5-14(18-8-12)21-6-2-1-3-7-21/h4-5,8,10-11H,1-3,6-7,9H2,(H,17,19,20). The van der Waals surface area contributed by atoms with Crippen LogP contribution < -0.4 is 10.2 Å². The molecule has 21 heavy (non-hydrogen) atoms. The maximum absolute atomic E-state index is 4.58.